The molecule has 0 aliphatic carbocycles. The summed E-state index contributed by atoms with van der Waals surface area (Å²) in [5.41, 5.74) is 1.29. The second kappa shape index (κ2) is 9.04. The lowest BCUT2D eigenvalue weighted by Gasteiger charge is -2.32. The number of amides is 1. The average Bonchev–Trinajstić information content (AvgIpc) is 3.26. The summed E-state index contributed by atoms with van der Waals surface area (Å²) < 4.78 is 44.6. The van der Waals surface area contributed by atoms with Crippen molar-refractivity contribution >= 4 is 23.3 Å². The molecule has 1 aromatic carbocycles. The van der Waals surface area contributed by atoms with E-state index in [1.165, 1.54) is 13.2 Å². The Morgan fingerprint density at radius 2 is 1.79 bits per heavy atom. The van der Waals surface area contributed by atoms with Gasteiger partial charge < -0.3 is 15.0 Å². The Bertz CT molecular complexity index is 1150. The molecule has 3 heterocycles. The number of hydrogen-bond donors (Lipinski definition) is 1. The van der Waals surface area contributed by atoms with E-state index in [4.69, 9.17) is 0 Å². The zero-order chi connectivity index (χ0) is 23.6. The van der Waals surface area contributed by atoms with Crippen LogP contribution in [0.1, 0.15) is 34.6 Å². The molecule has 0 atom stereocenters. The Morgan fingerprint density at radius 1 is 1.09 bits per heavy atom. The third-order valence-electron chi connectivity index (χ3n) is 5.53. The number of nitrogens with zero attached hydrogens (tertiary/aromatic N) is 5. The summed E-state index contributed by atoms with van der Waals surface area (Å²) in [6.07, 6.45) is -3.57. The standard InChI is InChI=1S/C21H21F3N6O3/c1-33-19(32)15-4-2-13(3-5-15)12-25-18(31)14-8-10-29(11-9-14)17-7-6-16-26-27-20(21(22,23)24)30(16)28-17/h2-7,14H,8-12H2,1H3,(H,25,31). The molecular formula is C21H21F3N6O3. The molecule has 0 radical (unpaired) electrons. The molecule has 1 aliphatic heterocycles. The molecule has 1 aliphatic rings. The number of methoxy groups -OCH3 is 1. The van der Waals surface area contributed by atoms with E-state index < -0.39 is 18.0 Å². The number of fused-ring (bicyclic) bond motifs is 1. The first-order valence-electron chi connectivity index (χ1n) is 10.3. The van der Waals surface area contributed by atoms with Crippen LogP contribution in [0.5, 0.6) is 0 Å². The number of rotatable bonds is 5. The zero-order valence-electron chi connectivity index (χ0n) is 17.7. The lowest BCUT2D eigenvalue weighted by molar-refractivity contribution is -0.146. The monoisotopic (exact) mass is 462 g/mol. The molecule has 1 amide bonds. The second-order valence-corrected chi connectivity index (χ2v) is 7.65. The predicted molar refractivity (Wildman–Crippen MR) is 110 cm³/mol. The van der Waals surface area contributed by atoms with E-state index >= 15 is 0 Å². The van der Waals surface area contributed by atoms with Crippen molar-refractivity contribution in [1.82, 2.24) is 25.1 Å². The number of carbonyl (C=O) groups is 2. The van der Waals surface area contributed by atoms with Gasteiger partial charge in [-0.1, -0.05) is 12.1 Å². The number of halogens is 3. The van der Waals surface area contributed by atoms with Gasteiger partial charge in [0.15, 0.2) is 5.65 Å². The van der Waals surface area contributed by atoms with Crippen molar-refractivity contribution in [2.24, 2.45) is 5.92 Å². The molecule has 33 heavy (non-hydrogen) atoms. The molecular weight excluding hydrogens is 441 g/mol. The van der Waals surface area contributed by atoms with E-state index in [0.29, 0.717) is 48.4 Å². The van der Waals surface area contributed by atoms with Crippen LogP contribution in [0, 0.1) is 5.92 Å². The van der Waals surface area contributed by atoms with Crippen molar-refractivity contribution in [2.45, 2.75) is 25.6 Å². The number of hydrogen-bond acceptors (Lipinski definition) is 7. The van der Waals surface area contributed by atoms with Crippen LogP contribution in [0.3, 0.4) is 0 Å². The maximum atomic E-state index is 13.1. The van der Waals surface area contributed by atoms with Crippen LogP contribution in [0.4, 0.5) is 19.0 Å². The summed E-state index contributed by atoms with van der Waals surface area (Å²) in [6.45, 7) is 1.29. The van der Waals surface area contributed by atoms with E-state index in [-0.39, 0.29) is 17.5 Å². The largest absolute Gasteiger partial charge is 0.465 e. The Morgan fingerprint density at radius 3 is 2.42 bits per heavy atom. The van der Waals surface area contributed by atoms with Crippen LogP contribution in [-0.4, -0.2) is 51.9 Å². The second-order valence-electron chi connectivity index (χ2n) is 7.65. The highest BCUT2D eigenvalue weighted by molar-refractivity contribution is 5.89. The fourth-order valence-corrected chi connectivity index (χ4v) is 3.71. The SMILES string of the molecule is COC(=O)c1ccc(CNC(=O)C2CCN(c3ccc4nnc(C(F)(F)F)n4n3)CC2)cc1. The van der Waals surface area contributed by atoms with Crippen LogP contribution >= 0.6 is 0 Å². The summed E-state index contributed by atoms with van der Waals surface area (Å²) in [5.74, 6) is -1.52. The van der Waals surface area contributed by atoms with Gasteiger partial charge in [-0.25, -0.2) is 4.79 Å². The number of alkyl halides is 3. The van der Waals surface area contributed by atoms with Crippen LogP contribution in [0.15, 0.2) is 36.4 Å². The summed E-state index contributed by atoms with van der Waals surface area (Å²) in [4.78, 5) is 25.9. The van der Waals surface area contributed by atoms with Gasteiger partial charge in [0.25, 0.3) is 5.82 Å². The molecule has 12 heteroatoms. The number of aromatic nitrogens is 4. The normalized spacial score (nSPS) is 15.0. The fourth-order valence-electron chi connectivity index (χ4n) is 3.71. The number of ether oxygens (including phenoxy) is 1. The average molecular weight is 462 g/mol. The highest BCUT2D eigenvalue weighted by Gasteiger charge is 2.38. The van der Waals surface area contributed by atoms with Crippen molar-refractivity contribution in [2.75, 3.05) is 25.1 Å². The number of carbonyl (C=O) groups excluding carboxylic acids is 2. The predicted octanol–water partition coefficient (Wildman–Crippen LogP) is 2.46. The van der Waals surface area contributed by atoms with Gasteiger partial charge in [-0.15, -0.1) is 15.3 Å². The van der Waals surface area contributed by atoms with E-state index in [0.717, 1.165) is 5.56 Å². The smallest absolute Gasteiger partial charge is 0.453 e. The van der Waals surface area contributed by atoms with Crippen molar-refractivity contribution in [3.8, 4) is 0 Å². The van der Waals surface area contributed by atoms with Gasteiger partial charge in [0.05, 0.1) is 12.7 Å². The lowest BCUT2D eigenvalue weighted by atomic mass is 9.96. The maximum absolute atomic E-state index is 13.1. The van der Waals surface area contributed by atoms with Gasteiger partial charge in [0.2, 0.25) is 5.91 Å². The molecule has 0 unspecified atom stereocenters. The van der Waals surface area contributed by atoms with Gasteiger partial charge in [-0.05, 0) is 42.7 Å². The quantitative estimate of drug-likeness (QED) is 0.581. The first kappa shape index (κ1) is 22.5. The van der Waals surface area contributed by atoms with Crippen LogP contribution < -0.4 is 10.2 Å². The molecule has 0 bridgehead atoms. The Kier molecular flexibility index (Phi) is 6.16. The Labute approximate surface area is 186 Å². The van der Waals surface area contributed by atoms with Crippen molar-refractivity contribution in [3.05, 3.63) is 53.3 Å². The van der Waals surface area contributed by atoms with Gasteiger partial charge in [0, 0.05) is 25.6 Å². The third kappa shape index (κ3) is 4.89. The molecule has 174 valence electrons. The van der Waals surface area contributed by atoms with Gasteiger partial charge in [0.1, 0.15) is 5.82 Å². The molecule has 1 N–H and O–H groups in total. The van der Waals surface area contributed by atoms with Crippen LogP contribution in [0.2, 0.25) is 0 Å². The Hall–Kier alpha value is -3.70. The highest BCUT2D eigenvalue weighted by atomic mass is 19.4. The number of piperidine rings is 1. The van der Waals surface area contributed by atoms with E-state index in [1.54, 1.807) is 30.3 Å². The van der Waals surface area contributed by atoms with E-state index in [2.05, 4.69) is 25.3 Å². The Balaban J connectivity index is 1.33. The third-order valence-corrected chi connectivity index (χ3v) is 5.53. The molecule has 0 spiro atoms. The molecule has 1 fully saturated rings. The highest BCUT2D eigenvalue weighted by Crippen LogP contribution is 2.28. The molecule has 4 rings (SSSR count). The molecule has 2 aromatic heterocycles. The van der Waals surface area contributed by atoms with Gasteiger partial charge >= 0.3 is 12.1 Å². The minimum Gasteiger partial charge on any atom is -0.465 e. The number of benzene rings is 1. The molecule has 3 aromatic rings. The number of nitrogens with one attached hydrogen (secondary N) is 1. The van der Waals surface area contributed by atoms with Crippen LogP contribution in [-0.2, 0) is 22.3 Å². The van der Waals surface area contributed by atoms with Gasteiger partial charge in [-0.2, -0.15) is 17.7 Å². The number of anilines is 1. The first-order valence-corrected chi connectivity index (χ1v) is 10.3. The zero-order valence-corrected chi connectivity index (χ0v) is 17.7. The van der Waals surface area contributed by atoms with E-state index in [1.807, 2.05) is 4.90 Å². The summed E-state index contributed by atoms with van der Waals surface area (Å²) >= 11 is 0. The first-order chi connectivity index (χ1) is 15.8. The minimum absolute atomic E-state index is 0.0138. The van der Waals surface area contributed by atoms with Crippen LogP contribution in [0.25, 0.3) is 5.65 Å². The van der Waals surface area contributed by atoms with Gasteiger partial charge in [-0.3, -0.25) is 4.79 Å². The summed E-state index contributed by atoms with van der Waals surface area (Å²) in [5, 5.41) is 13.6. The van der Waals surface area contributed by atoms with Crippen molar-refractivity contribution < 1.29 is 27.5 Å². The fraction of sp³-hybridized carbons (Fsp3) is 0.381. The summed E-state index contributed by atoms with van der Waals surface area (Å²) in [7, 11) is 1.31. The van der Waals surface area contributed by atoms with Crippen molar-refractivity contribution in [3.63, 3.8) is 0 Å². The maximum Gasteiger partial charge on any atom is 0.453 e. The molecule has 1 saturated heterocycles. The molecule has 0 saturated carbocycles. The van der Waals surface area contributed by atoms with E-state index in [9.17, 15) is 22.8 Å². The molecule has 9 nitrogen and oxygen atoms in total. The van der Waals surface area contributed by atoms with Crippen molar-refractivity contribution in [1.29, 1.82) is 0 Å². The number of esters is 1. The lowest BCUT2D eigenvalue weighted by Crippen LogP contribution is -2.40. The minimum atomic E-state index is -4.66. The topological polar surface area (TPSA) is 102 Å². The summed E-state index contributed by atoms with van der Waals surface area (Å²) in [6, 6.07) is 9.80.